The number of carbonyl (C=O) groups excluding carboxylic acids is 2. The maximum atomic E-state index is 14.3. The Labute approximate surface area is 204 Å². The lowest BCUT2D eigenvalue weighted by Gasteiger charge is -2.16. The second-order valence-corrected chi connectivity index (χ2v) is 8.39. The molecule has 0 unspecified atom stereocenters. The molecule has 0 saturated carbocycles. The summed E-state index contributed by atoms with van der Waals surface area (Å²) in [6.45, 7) is 1.81. The van der Waals surface area contributed by atoms with Gasteiger partial charge in [0.15, 0.2) is 17.4 Å². The van der Waals surface area contributed by atoms with Crippen molar-refractivity contribution < 1.29 is 22.8 Å². The molecule has 0 radical (unpaired) electrons. The summed E-state index contributed by atoms with van der Waals surface area (Å²) in [5.41, 5.74) is 1.50. The average Bonchev–Trinajstić information content (AvgIpc) is 3.40. The van der Waals surface area contributed by atoms with E-state index in [1.165, 1.54) is 12.1 Å². The fourth-order valence-corrected chi connectivity index (χ4v) is 4.07. The molecule has 0 spiro atoms. The van der Waals surface area contributed by atoms with Crippen LogP contribution in [0.3, 0.4) is 0 Å². The zero-order valence-electron chi connectivity index (χ0n) is 18.9. The molecule has 1 saturated heterocycles. The summed E-state index contributed by atoms with van der Waals surface area (Å²) in [7, 11) is 0. The van der Waals surface area contributed by atoms with Crippen molar-refractivity contribution in [2.45, 2.75) is 12.8 Å². The van der Waals surface area contributed by atoms with E-state index in [0.717, 1.165) is 56.0 Å². The number of fused-ring (bicyclic) bond motifs is 1. The van der Waals surface area contributed by atoms with Crippen molar-refractivity contribution >= 4 is 40.0 Å². The van der Waals surface area contributed by atoms with E-state index in [2.05, 4.69) is 25.5 Å². The van der Waals surface area contributed by atoms with Crippen LogP contribution in [0.2, 0.25) is 0 Å². The lowest BCUT2D eigenvalue weighted by Crippen LogP contribution is -2.20. The number of rotatable bonds is 5. The topological polar surface area (TPSA) is 87.2 Å². The highest BCUT2D eigenvalue weighted by Crippen LogP contribution is 2.23. The highest BCUT2D eigenvalue weighted by Gasteiger charge is 2.17. The molecule has 2 amide bonds. The molecule has 2 heterocycles. The Morgan fingerprint density at radius 2 is 1.56 bits per heavy atom. The standard InChI is InChI=1S/C26H20F3N5O2/c27-17-9-16(10-19(12-17)32-26(36)31-18-4-5-20(28)21(29)13-18)25(35)15-3-6-22-23(11-15)33-24(14-30-22)34-7-1-2-8-34/h3-6,9-14H,1-2,7-8H2,(H2,31,32,36). The third-order valence-electron chi connectivity index (χ3n) is 5.82. The molecule has 36 heavy (non-hydrogen) atoms. The normalized spacial score (nSPS) is 13.1. The van der Waals surface area contributed by atoms with Gasteiger partial charge in [-0.05, 0) is 61.4 Å². The molecular weight excluding hydrogens is 471 g/mol. The maximum absolute atomic E-state index is 14.3. The number of halogens is 3. The lowest BCUT2D eigenvalue weighted by molar-refractivity contribution is 0.103. The van der Waals surface area contributed by atoms with Crippen LogP contribution in [0, 0.1) is 17.5 Å². The molecule has 1 aliphatic heterocycles. The number of urea groups is 1. The molecule has 3 aromatic carbocycles. The van der Waals surface area contributed by atoms with Crippen LogP contribution in [0.1, 0.15) is 28.8 Å². The van der Waals surface area contributed by atoms with Crippen LogP contribution in [0.4, 0.5) is 35.2 Å². The predicted octanol–water partition coefficient (Wildman–Crippen LogP) is 5.52. The fourth-order valence-electron chi connectivity index (χ4n) is 4.07. The van der Waals surface area contributed by atoms with Crippen LogP contribution < -0.4 is 15.5 Å². The summed E-state index contributed by atoms with van der Waals surface area (Å²) in [5.74, 6) is -2.64. The molecular formula is C26H20F3N5O2. The second-order valence-electron chi connectivity index (χ2n) is 8.39. The average molecular weight is 491 g/mol. The van der Waals surface area contributed by atoms with E-state index in [0.29, 0.717) is 11.0 Å². The minimum Gasteiger partial charge on any atom is -0.355 e. The minimum atomic E-state index is -1.13. The number of aromatic nitrogens is 2. The Balaban J connectivity index is 1.36. The molecule has 2 N–H and O–H groups in total. The Bertz CT molecular complexity index is 1490. The Morgan fingerprint density at radius 3 is 2.33 bits per heavy atom. The number of ketones is 1. The smallest absolute Gasteiger partial charge is 0.323 e. The number of hydrogen-bond acceptors (Lipinski definition) is 5. The van der Waals surface area contributed by atoms with Gasteiger partial charge in [-0.3, -0.25) is 9.78 Å². The van der Waals surface area contributed by atoms with Gasteiger partial charge in [-0.15, -0.1) is 0 Å². The van der Waals surface area contributed by atoms with Gasteiger partial charge >= 0.3 is 6.03 Å². The first-order valence-corrected chi connectivity index (χ1v) is 11.3. The van der Waals surface area contributed by atoms with Crippen molar-refractivity contribution in [2.75, 3.05) is 28.6 Å². The third kappa shape index (κ3) is 4.97. The Kier molecular flexibility index (Phi) is 6.24. The van der Waals surface area contributed by atoms with Crippen molar-refractivity contribution in [2.24, 2.45) is 0 Å². The van der Waals surface area contributed by atoms with Gasteiger partial charge < -0.3 is 15.5 Å². The molecule has 7 nitrogen and oxygen atoms in total. The van der Waals surface area contributed by atoms with Crippen molar-refractivity contribution in [3.05, 3.63) is 89.4 Å². The minimum absolute atomic E-state index is 0.00433. The number of nitrogens with zero attached hydrogens (tertiary/aromatic N) is 3. The van der Waals surface area contributed by atoms with E-state index in [-0.39, 0.29) is 22.5 Å². The summed E-state index contributed by atoms with van der Waals surface area (Å²) in [4.78, 5) is 36.6. The van der Waals surface area contributed by atoms with E-state index in [1.807, 2.05) is 0 Å². The van der Waals surface area contributed by atoms with E-state index in [1.54, 1.807) is 24.4 Å². The maximum Gasteiger partial charge on any atom is 0.323 e. The van der Waals surface area contributed by atoms with Crippen LogP contribution >= 0.6 is 0 Å². The number of nitrogens with one attached hydrogen (secondary N) is 2. The van der Waals surface area contributed by atoms with Crippen LogP contribution in [0.5, 0.6) is 0 Å². The van der Waals surface area contributed by atoms with Crippen molar-refractivity contribution in [1.29, 1.82) is 0 Å². The van der Waals surface area contributed by atoms with Crippen molar-refractivity contribution in [3.63, 3.8) is 0 Å². The summed E-state index contributed by atoms with van der Waals surface area (Å²) in [6, 6.07) is 10.3. The Hall–Kier alpha value is -4.47. The molecule has 1 aromatic heterocycles. The summed E-state index contributed by atoms with van der Waals surface area (Å²) in [5, 5.41) is 4.72. The first-order valence-electron chi connectivity index (χ1n) is 11.3. The molecule has 10 heteroatoms. The number of carbonyl (C=O) groups is 2. The third-order valence-corrected chi connectivity index (χ3v) is 5.82. The number of anilines is 3. The lowest BCUT2D eigenvalue weighted by atomic mass is 10.0. The summed E-state index contributed by atoms with van der Waals surface area (Å²) < 4.78 is 40.8. The second kappa shape index (κ2) is 9.65. The van der Waals surface area contributed by atoms with Crippen molar-refractivity contribution in [1.82, 2.24) is 9.97 Å². The summed E-state index contributed by atoms with van der Waals surface area (Å²) in [6.07, 6.45) is 3.89. The number of amides is 2. The van der Waals surface area contributed by atoms with E-state index in [9.17, 15) is 22.8 Å². The first kappa shape index (κ1) is 23.3. The molecule has 182 valence electrons. The van der Waals surface area contributed by atoms with Gasteiger partial charge in [0, 0.05) is 41.7 Å². The number of benzene rings is 3. The first-order chi connectivity index (χ1) is 17.4. The molecule has 5 rings (SSSR count). The fraction of sp³-hybridized carbons (Fsp3) is 0.154. The van der Waals surface area contributed by atoms with Gasteiger partial charge in [0.1, 0.15) is 11.6 Å². The zero-order chi connectivity index (χ0) is 25.2. The molecule has 1 fully saturated rings. The van der Waals surface area contributed by atoms with E-state index in [4.69, 9.17) is 0 Å². The SMILES string of the molecule is O=C(Nc1cc(F)cc(C(=O)c2ccc3ncc(N4CCCC4)nc3c2)c1)Nc1ccc(F)c(F)c1. The molecule has 0 bridgehead atoms. The van der Waals surface area contributed by atoms with Gasteiger partial charge in [0.25, 0.3) is 0 Å². The molecule has 0 aliphatic carbocycles. The van der Waals surface area contributed by atoms with E-state index < -0.39 is 29.3 Å². The Morgan fingerprint density at radius 1 is 0.778 bits per heavy atom. The van der Waals surface area contributed by atoms with Crippen LogP contribution in [0.25, 0.3) is 11.0 Å². The van der Waals surface area contributed by atoms with Gasteiger partial charge in [0.05, 0.1) is 17.2 Å². The monoisotopic (exact) mass is 491 g/mol. The number of hydrogen-bond donors (Lipinski definition) is 2. The highest BCUT2D eigenvalue weighted by molar-refractivity contribution is 6.11. The summed E-state index contributed by atoms with van der Waals surface area (Å²) >= 11 is 0. The van der Waals surface area contributed by atoms with Crippen molar-refractivity contribution in [3.8, 4) is 0 Å². The highest BCUT2D eigenvalue weighted by atomic mass is 19.2. The van der Waals surface area contributed by atoms with Crippen LogP contribution in [0.15, 0.2) is 60.8 Å². The largest absolute Gasteiger partial charge is 0.355 e. The van der Waals surface area contributed by atoms with Gasteiger partial charge in [-0.1, -0.05) is 0 Å². The quantitative estimate of drug-likeness (QED) is 0.359. The molecule has 4 aromatic rings. The van der Waals surface area contributed by atoms with E-state index >= 15 is 0 Å². The van der Waals surface area contributed by atoms with Gasteiger partial charge in [-0.25, -0.2) is 22.9 Å². The molecule has 0 atom stereocenters. The van der Waals surface area contributed by atoms with Gasteiger partial charge in [0.2, 0.25) is 0 Å². The molecule has 1 aliphatic rings. The van der Waals surface area contributed by atoms with Gasteiger partial charge in [-0.2, -0.15) is 0 Å². The van der Waals surface area contributed by atoms with Crippen LogP contribution in [-0.4, -0.2) is 34.9 Å². The predicted molar refractivity (Wildman–Crippen MR) is 130 cm³/mol. The van der Waals surface area contributed by atoms with Crippen LogP contribution in [-0.2, 0) is 0 Å². The zero-order valence-corrected chi connectivity index (χ0v) is 18.9.